The van der Waals surface area contributed by atoms with E-state index in [4.69, 9.17) is 5.73 Å². The van der Waals surface area contributed by atoms with Crippen molar-refractivity contribution in [2.24, 2.45) is 0 Å². The van der Waals surface area contributed by atoms with Gasteiger partial charge >= 0.3 is 0 Å². The second-order valence-corrected chi connectivity index (χ2v) is 7.05. The fourth-order valence-corrected chi connectivity index (χ4v) is 4.07. The summed E-state index contributed by atoms with van der Waals surface area (Å²) in [5.74, 6) is 0. The van der Waals surface area contributed by atoms with Crippen molar-refractivity contribution in [1.29, 1.82) is 0 Å². The number of benzene rings is 1. The highest BCUT2D eigenvalue weighted by atomic mass is 32.2. The van der Waals surface area contributed by atoms with Crippen LogP contribution in [0, 0.1) is 6.92 Å². The first kappa shape index (κ1) is 14.0. The number of nitrogens with zero attached hydrogens (tertiary/aromatic N) is 1. The maximum absolute atomic E-state index is 12.1. The van der Waals surface area contributed by atoms with Crippen LogP contribution in [0.25, 0.3) is 0 Å². The minimum absolute atomic E-state index is 0.193. The first-order chi connectivity index (χ1) is 8.99. The molecule has 0 atom stereocenters. The molecule has 7 heteroatoms. The third-order valence-corrected chi connectivity index (χ3v) is 5.62. The Hall–Kier alpha value is -1.44. The van der Waals surface area contributed by atoms with Gasteiger partial charge in [0.05, 0.1) is 5.69 Å². The van der Waals surface area contributed by atoms with E-state index < -0.39 is 10.0 Å². The number of hydrogen-bond acceptors (Lipinski definition) is 5. The molecule has 0 aliphatic heterocycles. The summed E-state index contributed by atoms with van der Waals surface area (Å²) in [6.07, 6.45) is 0.646. The van der Waals surface area contributed by atoms with Gasteiger partial charge in [-0.1, -0.05) is 41.7 Å². The van der Waals surface area contributed by atoms with Gasteiger partial charge in [-0.2, -0.15) is 0 Å². The highest BCUT2D eigenvalue weighted by Crippen LogP contribution is 2.24. The lowest BCUT2D eigenvalue weighted by Crippen LogP contribution is -2.25. The number of hydrogen-bond donors (Lipinski definition) is 2. The van der Waals surface area contributed by atoms with E-state index >= 15 is 0 Å². The molecule has 102 valence electrons. The molecule has 0 fully saturated rings. The molecule has 0 unspecified atom stereocenters. The molecule has 19 heavy (non-hydrogen) atoms. The number of nitrogen functional groups attached to an aromatic ring is 1. The average Bonchev–Trinajstić information content (AvgIpc) is 2.70. The molecule has 2 aromatic rings. The first-order valence-electron chi connectivity index (χ1n) is 5.75. The molecule has 0 aliphatic carbocycles. The number of thiazole rings is 1. The summed E-state index contributed by atoms with van der Waals surface area (Å²) in [6, 6.07) is 9.71. The molecule has 3 N–H and O–H groups in total. The smallest absolute Gasteiger partial charge is 0.252 e. The third kappa shape index (κ3) is 3.52. The maximum atomic E-state index is 12.1. The number of sulfonamides is 1. The summed E-state index contributed by atoms with van der Waals surface area (Å²) in [5.41, 5.74) is 7.04. The van der Waals surface area contributed by atoms with Crippen molar-refractivity contribution in [1.82, 2.24) is 9.71 Å². The van der Waals surface area contributed by atoms with Crippen molar-refractivity contribution < 1.29 is 8.42 Å². The second-order valence-electron chi connectivity index (χ2n) is 4.06. The highest BCUT2D eigenvalue weighted by molar-refractivity contribution is 7.91. The van der Waals surface area contributed by atoms with E-state index in [1.165, 1.54) is 0 Å². The third-order valence-electron chi connectivity index (χ3n) is 2.56. The summed E-state index contributed by atoms with van der Waals surface area (Å²) in [6.45, 7) is 1.99. The number of aryl methyl sites for hydroxylation is 1. The van der Waals surface area contributed by atoms with Crippen molar-refractivity contribution in [3.63, 3.8) is 0 Å². The predicted octanol–water partition coefficient (Wildman–Crippen LogP) is 1.55. The average molecular weight is 297 g/mol. The molecule has 0 saturated carbocycles. The zero-order valence-corrected chi connectivity index (χ0v) is 12.1. The largest absolute Gasteiger partial charge is 0.375 e. The SMILES string of the molecule is Cc1nc(N)sc1S(=O)(=O)NCCc1ccccc1. The zero-order chi connectivity index (χ0) is 13.9. The summed E-state index contributed by atoms with van der Waals surface area (Å²) in [5, 5.41) is 0.265. The van der Waals surface area contributed by atoms with Crippen molar-refractivity contribution in [3.05, 3.63) is 41.6 Å². The lowest BCUT2D eigenvalue weighted by molar-refractivity contribution is 0.583. The molecule has 1 heterocycles. The summed E-state index contributed by atoms with van der Waals surface area (Å²) >= 11 is 0.984. The number of nitrogens with one attached hydrogen (secondary N) is 1. The molecule has 5 nitrogen and oxygen atoms in total. The van der Waals surface area contributed by atoms with Crippen LogP contribution in [-0.4, -0.2) is 19.9 Å². The van der Waals surface area contributed by atoms with E-state index in [0.29, 0.717) is 18.7 Å². The Morgan fingerprint density at radius 2 is 2.00 bits per heavy atom. The Labute approximate surface area is 116 Å². The Bertz CT molecular complexity index is 651. The van der Waals surface area contributed by atoms with E-state index in [1.54, 1.807) is 6.92 Å². The lowest BCUT2D eigenvalue weighted by atomic mass is 10.2. The van der Waals surface area contributed by atoms with Crippen LogP contribution in [-0.2, 0) is 16.4 Å². The monoisotopic (exact) mass is 297 g/mol. The van der Waals surface area contributed by atoms with Crippen LogP contribution < -0.4 is 10.5 Å². The van der Waals surface area contributed by atoms with Gasteiger partial charge in [-0.15, -0.1) is 0 Å². The molecular formula is C12H15N3O2S2. The highest BCUT2D eigenvalue weighted by Gasteiger charge is 2.20. The maximum Gasteiger partial charge on any atom is 0.252 e. The molecule has 0 bridgehead atoms. The molecule has 0 radical (unpaired) electrons. The number of nitrogens with two attached hydrogens (primary N) is 1. The van der Waals surface area contributed by atoms with Crippen molar-refractivity contribution in [2.45, 2.75) is 17.6 Å². The van der Waals surface area contributed by atoms with E-state index in [9.17, 15) is 8.42 Å². The molecule has 2 rings (SSSR count). The number of aromatic nitrogens is 1. The molecule has 0 spiro atoms. The van der Waals surface area contributed by atoms with E-state index in [2.05, 4.69) is 9.71 Å². The van der Waals surface area contributed by atoms with Crippen LogP contribution in [0.5, 0.6) is 0 Å². The van der Waals surface area contributed by atoms with E-state index in [0.717, 1.165) is 16.9 Å². The van der Waals surface area contributed by atoms with E-state index in [-0.39, 0.29) is 9.34 Å². The van der Waals surface area contributed by atoms with Gasteiger partial charge < -0.3 is 5.73 Å². The van der Waals surface area contributed by atoms with Crippen LogP contribution in [0.3, 0.4) is 0 Å². The molecule has 0 aliphatic rings. The minimum atomic E-state index is -3.51. The van der Waals surface area contributed by atoms with Crippen LogP contribution in [0.2, 0.25) is 0 Å². The van der Waals surface area contributed by atoms with Gasteiger partial charge in [0.2, 0.25) is 0 Å². The van der Waals surface area contributed by atoms with Crippen molar-refractivity contribution in [2.75, 3.05) is 12.3 Å². The van der Waals surface area contributed by atoms with Gasteiger partial charge in [0, 0.05) is 6.54 Å². The van der Waals surface area contributed by atoms with Crippen LogP contribution in [0.4, 0.5) is 5.13 Å². The first-order valence-corrected chi connectivity index (χ1v) is 8.05. The molecule has 0 saturated heterocycles. The van der Waals surface area contributed by atoms with Gasteiger partial charge in [-0.05, 0) is 18.9 Å². The van der Waals surface area contributed by atoms with Crippen LogP contribution in [0.15, 0.2) is 34.5 Å². The van der Waals surface area contributed by atoms with Crippen molar-refractivity contribution in [3.8, 4) is 0 Å². The Kier molecular flexibility index (Phi) is 4.18. The Balaban J connectivity index is 2.01. The predicted molar refractivity (Wildman–Crippen MR) is 76.6 cm³/mol. The fraction of sp³-hybridized carbons (Fsp3) is 0.250. The standard InChI is InChI=1S/C12H15N3O2S2/c1-9-11(18-12(13)15-9)19(16,17)14-8-7-10-5-3-2-4-6-10/h2-6,14H,7-8H2,1H3,(H2,13,15). The molecule has 1 aromatic heterocycles. The van der Waals surface area contributed by atoms with Gasteiger partial charge in [0.1, 0.15) is 0 Å². The van der Waals surface area contributed by atoms with E-state index in [1.807, 2.05) is 30.3 Å². The zero-order valence-electron chi connectivity index (χ0n) is 10.5. The molecule has 1 aromatic carbocycles. The number of rotatable bonds is 5. The van der Waals surface area contributed by atoms with Crippen molar-refractivity contribution >= 4 is 26.5 Å². The minimum Gasteiger partial charge on any atom is -0.375 e. The molecular weight excluding hydrogens is 282 g/mol. The van der Waals surface area contributed by atoms with Gasteiger partial charge in [-0.25, -0.2) is 18.1 Å². The van der Waals surface area contributed by atoms with Gasteiger partial charge in [-0.3, -0.25) is 0 Å². The Morgan fingerprint density at radius 1 is 1.32 bits per heavy atom. The molecule has 0 amide bonds. The fourth-order valence-electron chi connectivity index (χ4n) is 1.69. The van der Waals surface area contributed by atoms with Crippen LogP contribution >= 0.6 is 11.3 Å². The van der Waals surface area contributed by atoms with Gasteiger partial charge in [0.25, 0.3) is 10.0 Å². The second kappa shape index (κ2) is 5.68. The lowest BCUT2D eigenvalue weighted by Gasteiger charge is -2.05. The summed E-state index contributed by atoms with van der Waals surface area (Å²) in [4.78, 5) is 3.92. The van der Waals surface area contributed by atoms with Gasteiger partial charge in [0.15, 0.2) is 9.34 Å². The normalized spacial score (nSPS) is 11.6. The summed E-state index contributed by atoms with van der Waals surface area (Å²) < 4.78 is 26.9. The van der Waals surface area contributed by atoms with Crippen LogP contribution in [0.1, 0.15) is 11.3 Å². The number of anilines is 1. The Morgan fingerprint density at radius 3 is 2.58 bits per heavy atom. The quantitative estimate of drug-likeness (QED) is 0.877. The topological polar surface area (TPSA) is 85.1 Å². The summed E-state index contributed by atoms with van der Waals surface area (Å²) in [7, 11) is -3.51.